The normalized spacial score (nSPS) is 24.7. The molecule has 0 bridgehead atoms. The van der Waals surface area contributed by atoms with Crippen molar-refractivity contribution < 1.29 is 9.53 Å². The van der Waals surface area contributed by atoms with Crippen LogP contribution in [0.25, 0.3) is 0 Å². The molecule has 0 aliphatic heterocycles. The molecule has 0 unspecified atom stereocenters. The van der Waals surface area contributed by atoms with Gasteiger partial charge in [-0.3, -0.25) is 4.79 Å². The highest BCUT2D eigenvalue weighted by atomic mass is 35.5. The number of carbonyl (C=O) groups excluding carboxylic acids is 1. The zero-order chi connectivity index (χ0) is 11.9. The van der Waals surface area contributed by atoms with Crippen LogP contribution in [0.2, 0.25) is 0 Å². The van der Waals surface area contributed by atoms with Crippen LogP contribution in [0.1, 0.15) is 47.5 Å². The summed E-state index contributed by atoms with van der Waals surface area (Å²) in [5.74, 6) is -0.257. The lowest BCUT2D eigenvalue weighted by atomic mass is 10.0. The molecule has 0 spiro atoms. The number of rotatable bonds is 4. The molecule has 0 saturated heterocycles. The van der Waals surface area contributed by atoms with Gasteiger partial charge in [-0.2, -0.15) is 0 Å². The number of unbranched alkanes of at least 4 members (excludes halogenated alkanes) is 1. The van der Waals surface area contributed by atoms with E-state index in [1.54, 1.807) is 0 Å². The average molecular weight is 233 g/mol. The summed E-state index contributed by atoms with van der Waals surface area (Å²) in [6, 6.07) is 0. The zero-order valence-electron chi connectivity index (χ0n) is 10.3. The minimum Gasteiger partial charge on any atom is -0.464 e. The van der Waals surface area contributed by atoms with Crippen molar-refractivity contribution in [3.63, 3.8) is 0 Å². The van der Waals surface area contributed by atoms with E-state index in [1.807, 2.05) is 27.7 Å². The molecule has 3 heteroatoms. The van der Waals surface area contributed by atoms with Gasteiger partial charge in [-0.25, -0.2) is 0 Å². The van der Waals surface area contributed by atoms with E-state index in [2.05, 4.69) is 6.92 Å². The van der Waals surface area contributed by atoms with Gasteiger partial charge in [0.1, 0.15) is 0 Å². The molecular weight excluding hydrogens is 212 g/mol. The van der Waals surface area contributed by atoms with Crippen molar-refractivity contribution in [1.29, 1.82) is 0 Å². The predicted molar refractivity (Wildman–Crippen MR) is 62.0 cm³/mol. The molecule has 1 saturated carbocycles. The third-order valence-corrected chi connectivity index (χ3v) is 5.33. The van der Waals surface area contributed by atoms with E-state index in [1.165, 1.54) is 0 Å². The van der Waals surface area contributed by atoms with Gasteiger partial charge in [0, 0.05) is 10.8 Å². The average Bonchev–Trinajstić information content (AvgIpc) is 2.45. The second kappa shape index (κ2) is 3.65. The Hall–Kier alpha value is -0.240. The first-order valence-corrected chi connectivity index (χ1v) is 5.97. The highest BCUT2D eigenvalue weighted by Crippen LogP contribution is 2.75. The molecule has 0 radical (unpaired) electrons. The molecule has 88 valence electrons. The van der Waals surface area contributed by atoms with Crippen molar-refractivity contribution in [3.8, 4) is 0 Å². The van der Waals surface area contributed by atoms with Gasteiger partial charge in [0.25, 0.3) is 0 Å². The van der Waals surface area contributed by atoms with E-state index >= 15 is 0 Å². The molecule has 0 N–H and O–H groups in total. The number of hydrogen-bond acceptors (Lipinski definition) is 2. The second-order valence-corrected chi connectivity index (χ2v) is 5.96. The van der Waals surface area contributed by atoms with Gasteiger partial charge in [0.15, 0.2) is 4.87 Å². The quantitative estimate of drug-likeness (QED) is 0.422. The first-order valence-electron chi connectivity index (χ1n) is 5.59. The van der Waals surface area contributed by atoms with Crippen LogP contribution in [-0.4, -0.2) is 17.5 Å². The summed E-state index contributed by atoms with van der Waals surface area (Å²) in [5, 5.41) is 0. The Labute approximate surface area is 97.3 Å². The molecule has 2 nitrogen and oxygen atoms in total. The van der Waals surface area contributed by atoms with Gasteiger partial charge in [-0.05, 0) is 6.42 Å². The fourth-order valence-electron chi connectivity index (χ4n) is 2.16. The first-order chi connectivity index (χ1) is 6.73. The van der Waals surface area contributed by atoms with E-state index in [9.17, 15) is 4.79 Å². The maximum atomic E-state index is 11.9. The van der Waals surface area contributed by atoms with Crippen LogP contribution >= 0.6 is 11.6 Å². The van der Waals surface area contributed by atoms with Crippen LogP contribution in [0.5, 0.6) is 0 Å². The second-order valence-electron chi connectivity index (χ2n) is 5.40. The molecular formula is C12H21ClO2. The molecule has 1 aliphatic rings. The molecule has 1 aliphatic carbocycles. The molecule has 0 aromatic carbocycles. The Bertz CT molecular complexity index is 255. The van der Waals surface area contributed by atoms with E-state index in [0.29, 0.717) is 6.61 Å². The lowest BCUT2D eigenvalue weighted by Crippen LogP contribution is -2.27. The van der Waals surface area contributed by atoms with Gasteiger partial charge in [0.2, 0.25) is 0 Å². The van der Waals surface area contributed by atoms with Crippen LogP contribution in [0.15, 0.2) is 0 Å². The highest BCUT2D eigenvalue weighted by molar-refractivity contribution is 6.38. The van der Waals surface area contributed by atoms with Crippen LogP contribution in [0.3, 0.4) is 0 Å². The third-order valence-electron chi connectivity index (χ3n) is 4.23. The van der Waals surface area contributed by atoms with Gasteiger partial charge < -0.3 is 4.74 Å². The molecule has 0 aromatic heterocycles. The van der Waals surface area contributed by atoms with Gasteiger partial charge >= 0.3 is 5.97 Å². The summed E-state index contributed by atoms with van der Waals surface area (Å²) in [7, 11) is 0. The van der Waals surface area contributed by atoms with Crippen molar-refractivity contribution >= 4 is 17.6 Å². The number of esters is 1. The lowest BCUT2D eigenvalue weighted by molar-refractivity contribution is -0.145. The topological polar surface area (TPSA) is 26.3 Å². The largest absolute Gasteiger partial charge is 0.464 e. The summed E-state index contributed by atoms with van der Waals surface area (Å²) in [5.41, 5.74) is -0.379. The Kier molecular flexibility index (Phi) is 3.13. The van der Waals surface area contributed by atoms with Gasteiger partial charge in [-0.15, -0.1) is 11.6 Å². The monoisotopic (exact) mass is 232 g/mol. The van der Waals surface area contributed by atoms with Crippen molar-refractivity contribution in [3.05, 3.63) is 0 Å². The Morgan fingerprint density at radius 2 is 1.67 bits per heavy atom. The fourth-order valence-corrected chi connectivity index (χ4v) is 2.64. The SMILES string of the molecule is CCCCOC(=O)C1(Cl)C(C)(C)C1(C)C. The molecule has 15 heavy (non-hydrogen) atoms. The van der Waals surface area contributed by atoms with Crippen LogP contribution in [-0.2, 0) is 9.53 Å². The molecule has 1 fully saturated rings. The van der Waals surface area contributed by atoms with Gasteiger partial charge in [0.05, 0.1) is 6.61 Å². The smallest absolute Gasteiger partial charge is 0.328 e. The minimum atomic E-state index is -0.840. The molecule has 0 aromatic rings. The minimum absolute atomic E-state index is 0.190. The molecule has 0 atom stereocenters. The Morgan fingerprint density at radius 3 is 2.00 bits per heavy atom. The summed E-state index contributed by atoms with van der Waals surface area (Å²) >= 11 is 6.38. The van der Waals surface area contributed by atoms with E-state index in [4.69, 9.17) is 16.3 Å². The number of carbonyl (C=O) groups is 1. The third kappa shape index (κ3) is 1.49. The van der Waals surface area contributed by atoms with Crippen LogP contribution in [0, 0.1) is 10.8 Å². The van der Waals surface area contributed by atoms with Gasteiger partial charge in [-0.1, -0.05) is 41.0 Å². The Morgan fingerprint density at radius 1 is 1.20 bits per heavy atom. The number of hydrogen-bond donors (Lipinski definition) is 0. The summed E-state index contributed by atoms with van der Waals surface area (Å²) < 4.78 is 5.21. The first kappa shape index (κ1) is 12.8. The standard InChI is InChI=1S/C12H21ClO2/c1-6-7-8-15-9(14)12(13)10(2,3)11(12,4)5/h6-8H2,1-5H3. The number of halogens is 1. The van der Waals surface area contributed by atoms with Crippen molar-refractivity contribution in [1.82, 2.24) is 0 Å². The molecule has 0 amide bonds. The summed E-state index contributed by atoms with van der Waals surface area (Å²) in [4.78, 5) is 11.0. The maximum Gasteiger partial charge on any atom is 0.328 e. The van der Waals surface area contributed by atoms with Crippen LogP contribution in [0.4, 0.5) is 0 Å². The number of ether oxygens (including phenoxy) is 1. The highest BCUT2D eigenvalue weighted by Gasteiger charge is 2.81. The van der Waals surface area contributed by atoms with E-state index < -0.39 is 4.87 Å². The van der Waals surface area contributed by atoms with Crippen LogP contribution < -0.4 is 0 Å². The van der Waals surface area contributed by atoms with E-state index in [-0.39, 0.29) is 16.8 Å². The fraction of sp³-hybridized carbons (Fsp3) is 0.917. The molecule has 1 rings (SSSR count). The lowest BCUT2D eigenvalue weighted by Gasteiger charge is -2.12. The summed E-state index contributed by atoms with van der Waals surface area (Å²) in [6.45, 7) is 10.6. The Balaban J connectivity index is 2.62. The molecule has 0 heterocycles. The van der Waals surface area contributed by atoms with Crippen molar-refractivity contribution in [2.75, 3.05) is 6.61 Å². The van der Waals surface area contributed by atoms with Crippen molar-refractivity contribution in [2.24, 2.45) is 10.8 Å². The zero-order valence-corrected chi connectivity index (χ0v) is 11.1. The summed E-state index contributed by atoms with van der Waals surface area (Å²) in [6.07, 6.45) is 1.93. The van der Waals surface area contributed by atoms with Crippen molar-refractivity contribution in [2.45, 2.75) is 52.3 Å². The number of alkyl halides is 1. The maximum absolute atomic E-state index is 11.9. The van der Waals surface area contributed by atoms with E-state index in [0.717, 1.165) is 12.8 Å². The predicted octanol–water partition coefficient (Wildman–Crippen LogP) is 3.37.